The molecule has 180 valence electrons. The minimum atomic E-state index is -1.13. The number of hydrogen-bond donors (Lipinski definition) is 1. The van der Waals surface area contributed by atoms with Crippen LogP contribution in [-0.4, -0.2) is 61.7 Å². The van der Waals surface area contributed by atoms with Gasteiger partial charge in [0.15, 0.2) is 11.6 Å². The predicted octanol–water partition coefficient (Wildman–Crippen LogP) is 3.16. The fourth-order valence-corrected chi connectivity index (χ4v) is 4.22. The molecule has 3 atom stereocenters. The number of methoxy groups -OCH3 is 1. The fourth-order valence-electron chi connectivity index (χ4n) is 4.22. The first kappa shape index (κ1) is 23.6. The summed E-state index contributed by atoms with van der Waals surface area (Å²) in [5.41, 5.74) is 0.490. The van der Waals surface area contributed by atoms with Gasteiger partial charge in [0.05, 0.1) is 31.2 Å². The molecule has 1 N–H and O–H groups in total. The molecular formula is C24H24F2N2O6. The number of ether oxygens (including phenoxy) is 3. The first-order valence-electron chi connectivity index (χ1n) is 10.8. The third-order valence-electron chi connectivity index (χ3n) is 6.07. The molecule has 2 amide bonds. The minimum absolute atomic E-state index is 0.0611. The highest BCUT2D eigenvalue weighted by molar-refractivity contribution is 6.05. The molecule has 2 aliphatic heterocycles. The number of fused-ring (bicyclic) bond motifs is 2. The summed E-state index contributed by atoms with van der Waals surface area (Å²) >= 11 is 0. The van der Waals surface area contributed by atoms with Crippen LogP contribution in [0, 0.1) is 11.6 Å². The largest absolute Gasteiger partial charge is 0.490 e. The predicted molar refractivity (Wildman–Crippen MR) is 117 cm³/mol. The lowest BCUT2D eigenvalue weighted by Gasteiger charge is -2.42. The second kappa shape index (κ2) is 9.76. The van der Waals surface area contributed by atoms with Crippen molar-refractivity contribution in [2.45, 2.75) is 37.5 Å². The van der Waals surface area contributed by atoms with Gasteiger partial charge in [-0.1, -0.05) is 0 Å². The van der Waals surface area contributed by atoms with E-state index in [4.69, 9.17) is 14.2 Å². The van der Waals surface area contributed by atoms with Gasteiger partial charge in [-0.2, -0.15) is 0 Å². The van der Waals surface area contributed by atoms with E-state index < -0.39 is 23.6 Å². The van der Waals surface area contributed by atoms with Crippen LogP contribution in [0.15, 0.2) is 36.4 Å². The van der Waals surface area contributed by atoms with E-state index in [0.717, 1.165) is 12.1 Å². The fraction of sp³-hybridized carbons (Fsp3) is 0.375. The summed E-state index contributed by atoms with van der Waals surface area (Å²) < 4.78 is 43.3. The molecule has 1 saturated heterocycles. The first-order valence-corrected chi connectivity index (χ1v) is 10.8. The Morgan fingerprint density at radius 3 is 2.68 bits per heavy atom. The number of nitrogens with zero attached hydrogens (tertiary/aromatic N) is 1. The van der Waals surface area contributed by atoms with Crippen LogP contribution in [0.25, 0.3) is 0 Å². The molecule has 2 aromatic rings. The third kappa shape index (κ3) is 4.86. The monoisotopic (exact) mass is 474 g/mol. The van der Waals surface area contributed by atoms with Gasteiger partial charge in [0.2, 0.25) is 0 Å². The SMILES string of the molecule is COC(=O)C[C@@H]1CC[C@@H]2[C@@H](COc3ccc(NC(=O)c4ccc(F)c(F)c4)cc3C(=O)N2C)O1. The van der Waals surface area contributed by atoms with E-state index in [1.807, 2.05) is 0 Å². The topological polar surface area (TPSA) is 94.2 Å². The average molecular weight is 474 g/mol. The van der Waals surface area contributed by atoms with Crippen molar-refractivity contribution >= 4 is 23.5 Å². The summed E-state index contributed by atoms with van der Waals surface area (Å²) in [5, 5.41) is 2.59. The van der Waals surface area contributed by atoms with Gasteiger partial charge < -0.3 is 24.4 Å². The van der Waals surface area contributed by atoms with Crippen molar-refractivity contribution in [3.63, 3.8) is 0 Å². The standard InChI is InChI=1S/C24H24F2N2O6/c1-28-19-7-5-15(11-22(29)32-2)34-21(19)12-33-20-8-4-14(10-16(20)24(28)31)27-23(30)13-3-6-17(25)18(26)9-13/h3-4,6,8-10,15,19,21H,5,7,11-12H2,1-2H3,(H,27,30)/t15-,19+,21+/m0/s1. The second-order valence-corrected chi connectivity index (χ2v) is 8.24. The summed E-state index contributed by atoms with van der Waals surface area (Å²) in [5.74, 6) is -3.19. The minimum Gasteiger partial charge on any atom is -0.490 e. The highest BCUT2D eigenvalue weighted by atomic mass is 19.2. The molecule has 0 bridgehead atoms. The van der Waals surface area contributed by atoms with Crippen molar-refractivity contribution < 1.29 is 37.4 Å². The van der Waals surface area contributed by atoms with Gasteiger partial charge in [-0.25, -0.2) is 8.78 Å². The van der Waals surface area contributed by atoms with Crippen LogP contribution < -0.4 is 10.1 Å². The van der Waals surface area contributed by atoms with E-state index in [9.17, 15) is 23.2 Å². The van der Waals surface area contributed by atoms with Gasteiger partial charge in [0.1, 0.15) is 18.5 Å². The summed E-state index contributed by atoms with van der Waals surface area (Å²) in [4.78, 5) is 38.9. The quantitative estimate of drug-likeness (QED) is 0.685. The van der Waals surface area contributed by atoms with Crippen LogP contribution in [0.5, 0.6) is 5.75 Å². The lowest BCUT2D eigenvalue weighted by Crippen LogP contribution is -2.53. The van der Waals surface area contributed by atoms with E-state index in [1.165, 1.54) is 19.2 Å². The third-order valence-corrected chi connectivity index (χ3v) is 6.07. The van der Waals surface area contributed by atoms with E-state index >= 15 is 0 Å². The molecule has 8 nitrogen and oxygen atoms in total. The Balaban J connectivity index is 1.52. The zero-order valence-corrected chi connectivity index (χ0v) is 18.7. The van der Waals surface area contributed by atoms with Crippen molar-refractivity contribution in [1.82, 2.24) is 4.90 Å². The summed E-state index contributed by atoms with van der Waals surface area (Å²) in [6.07, 6.45) is 0.617. The molecule has 0 spiro atoms. The molecule has 0 unspecified atom stereocenters. The van der Waals surface area contributed by atoms with Gasteiger partial charge in [-0.15, -0.1) is 0 Å². The maximum atomic E-state index is 13.5. The number of likely N-dealkylation sites (N-methyl/N-ethyl adjacent to an activating group) is 1. The van der Waals surface area contributed by atoms with Gasteiger partial charge in [0.25, 0.3) is 11.8 Å². The Labute approximate surface area is 194 Å². The summed E-state index contributed by atoms with van der Waals surface area (Å²) in [6.45, 7) is 0.174. The van der Waals surface area contributed by atoms with Crippen molar-refractivity contribution in [1.29, 1.82) is 0 Å². The van der Waals surface area contributed by atoms with Gasteiger partial charge in [0, 0.05) is 18.3 Å². The van der Waals surface area contributed by atoms with Crippen LogP contribution in [0.3, 0.4) is 0 Å². The van der Waals surface area contributed by atoms with Crippen LogP contribution >= 0.6 is 0 Å². The molecule has 0 aromatic heterocycles. The Morgan fingerprint density at radius 2 is 1.94 bits per heavy atom. The van der Waals surface area contributed by atoms with Crippen molar-refractivity contribution in [2.24, 2.45) is 0 Å². The number of rotatable bonds is 4. The number of halogens is 2. The number of carbonyl (C=O) groups is 3. The second-order valence-electron chi connectivity index (χ2n) is 8.24. The lowest BCUT2D eigenvalue weighted by atomic mass is 9.94. The Bertz CT molecular complexity index is 1120. The van der Waals surface area contributed by atoms with Crippen LogP contribution in [-0.2, 0) is 14.3 Å². The van der Waals surface area contributed by atoms with Gasteiger partial charge in [-0.05, 0) is 49.2 Å². The molecule has 0 saturated carbocycles. The Morgan fingerprint density at radius 1 is 1.15 bits per heavy atom. The van der Waals surface area contributed by atoms with Crippen LogP contribution in [0.2, 0.25) is 0 Å². The first-order chi connectivity index (χ1) is 16.3. The van der Waals surface area contributed by atoms with Crippen molar-refractivity contribution in [3.8, 4) is 5.75 Å². The van der Waals surface area contributed by atoms with Gasteiger partial charge in [-0.3, -0.25) is 14.4 Å². The van der Waals surface area contributed by atoms with Gasteiger partial charge >= 0.3 is 5.97 Å². The molecule has 10 heteroatoms. The average Bonchev–Trinajstić information content (AvgIpc) is 2.83. The number of esters is 1. The van der Waals surface area contributed by atoms with Crippen molar-refractivity contribution in [2.75, 3.05) is 26.1 Å². The number of benzene rings is 2. The van der Waals surface area contributed by atoms with E-state index in [0.29, 0.717) is 24.3 Å². The number of carbonyl (C=O) groups excluding carboxylic acids is 3. The highest BCUT2D eigenvalue weighted by Crippen LogP contribution is 2.32. The number of amides is 2. The molecule has 34 heavy (non-hydrogen) atoms. The van der Waals surface area contributed by atoms with E-state index in [1.54, 1.807) is 24.1 Å². The molecular weight excluding hydrogens is 450 g/mol. The van der Waals surface area contributed by atoms with E-state index in [2.05, 4.69) is 5.32 Å². The summed E-state index contributed by atoms with van der Waals surface area (Å²) in [7, 11) is 3.00. The van der Waals surface area contributed by atoms with Crippen LogP contribution in [0.4, 0.5) is 14.5 Å². The molecule has 0 radical (unpaired) electrons. The Hall–Kier alpha value is -3.53. The van der Waals surface area contributed by atoms with Crippen molar-refractivity contribution in [3.05, 3.63) is 59.2 Å². The smallest absolute Gasteiger partial charge is 0.308 e. The highest BCUT2D eigenvalue weighted by Gasteiger charge is 2.39. The zero-order valence-electron chi connectivity index (χ0n) is 18.7. The molecule has 2 heterocycles. The molecule has 2 aliphatic rings. The summed E-state index contributed by atoms with van der Waals surface area (Å²) in [6, 6.07) is 7.17. The Kier molecular flexibility index (Phi) is 6.78. The molecule has 4 rings (SSSR count). The molecule has 2 aromatic carbocycles. The maximum absolute atomic E-state index is 13.5. The lowest BCUT2D eigenvalue weighted by molar-refractivity contribution is -0.151. The number of hydrogen-bond acceptors (Lipinski definition) is 6. The molecule has 0 aliphatic carbocycles. The molecule has 1 fully saturated rings. The maximum Gasteiger partial charge on any atom is 0.308 e. The zero-order chi connectivity index (χ0) is 24.4. The van der Waals surface area contributed by atoms with Crippen LogP contribution in [0.1, 0.15) is 40.0 Å². The number of nitrogens with one attached hydrogen (secondary N) is 1. The van der Waals surface area contributed by atoms with E-state index in [-0.39, 0.29) is 48.2 Å². The normalized spacial score (nSPS) is 21.9. The number of anilines is 1.